The maximum atomic E-state index is 4.30. The summed E-state index contributed by atoms with van der Waals surface area (Å²) >= 11 is 0. The molecule has 2 atom stereocenters. The molecule has 0 amide bonds. The normalized spacial score (nSPS) is 18.4. The van der Waals surface area contributed by atoms with E-state index < -0.39 is 0 Å². The third-order valence-electron chi connectivity index (χ3n) is 5.41. The fourth-order valence-corrected chi connectivity index (χ4v) is 3.80. The van der Waals surface area contributed by atoms with Crippen molar-refractivity contribution in [3.8, 4) is 16.9 Å². The van der Waals surface area contributed by atoms with Crippen LogP contribution in [-0.2, 0) is 6.42 Å². The summed E-state index contributed by atoms with van der Waals surface area (Å²) in [7, 11) is 0. The fraction of sp³-hybridized carbons (Fsp3) is 0.167. The van der Waals surface area contributed by atoms with Gasteiger partial charge >= 0.3 is 0 Å². The molecule has 1 aliphatic rings. The van der Waals surface area contributed by atoms with Gasteiger partial charge in [0.15, 0.2) is 0 Å². The molecule has 2 unspecified atom stereocenters. The van der Waals surface area contributed by atoms with Crippen LogP contribution in [-0.4, -0.2) is 15.0 Å². The standard InChI is InChI=1S/C24H21N3/c1-3-7-18(8-4-1)15-21-16-23(21)19-11-13-22(14-12-19)27-17-24(25-26-27)20-9-5-2-6-10-20/h1-14,17,21,23H,15-16H2. The molecule has 0 radical (unpaired) electrons. The Labute approximate surface area is 159 Å². The Bertz CT molecular complexity index is 1020. The highest BCUT2D eigenvalue weighted by molar-refractivity contribution is 5.57. The molecule has 5 rings (SSSR count). The summed E-state index contributed by atoms with van der Waals surface area (Å²) in [6.07, 6.45) is 4.45. The SMILES string of the molecule is c1ccc(CC2CC2c2ccc(-n3cc(-c4ccccc4)nn3)cc2)cc1. The van der Waals surface area contributed by atoms with Crippen LogP contribution in [0.15, 0.2) is 91.1 Å². The number of hydrogen-bond donors (Lipinski definition) is 0. The van der Waals surface area contributed by atoms with E-state index in [1.807, 2.05) is 29.1 Å². The van der Waals surface area contributed by atoms with Gasteiger partial charge < -0.3 is 0 Å². The molecule has 3 aromatic carbocycles. The maximum Gasteiger partial charge on any atom is 0.113 e. The molecular formula is C24H21N3. The van der Waals surface area contributed by atoms with Crippen molar-refractivity contribution < 1.29 is 0 Å². The van der Waals surface area contributed by atoms with Gasteiger partial charge in [-0.3, -0.25) is 0 Å². The quantitative estimate of drug-likeness (QED) is 0.490. The van der Waals surface area contributed by atoms with E-state index in [1.165, 1.54) is 24.0 Å². The Balaban J connectivity index is 1.28. The van der Waals surface area contributed by atoms with Crippen LogP contribution in [0.3, 0.4) is 0 Å². The summed E-state index contributed by atoms with van der Waals surface area (Å²) in [5, 5.41) is 8.59. The molecule has 0 aliphatic heterocycles. The van der Waals surface area contributed by atoms with Crippen LogP contribution >= 0.6 is 0 Å². The third-order valence-corrected chi connectivity index (χ3v) is 5.41. The molecule has 1 heterocycles. The summed E-state index contributed by atoms with van der Waals surface area (Å²) < 4.78 is 1.85. The minimum atomic E-state index is 0.690. The van der Waals surface area contributed by atoms with Crippen LogP contribution in [0, 0.1) is 5.92 Å². The van der Waals surface area contributed by atoms with Crippen molar-refractivity contribution in [1.29, 1.82) is 0 Å². The summed E-state index contributed by atoms with van der Waals surface area (Å²) in [4.78, 5) is 0. The predicted molar refractivity (Wildman–Crippen MR) is 108 cm³/mol. The highest BCUT2D eigenvalue weighted by atomic mass is 15.4. The van der Waals surface area contributed by atoms with Crippen molar-refractivity contribution in [2.75, 3.05) is 0 Å². The highest BCUT2D eigenvalue weighted by Crippen LogP contribution is 2.49. The lowest BCUT2D eigenvalue weighted by Crippen LogP contribution is -1.95. The summed E-state index contributed by atoms with van der Waals surface area (Å²) in [5.41, 5.74) is 5.90. The smallest absolute Gasteiger partial charge is 0.113 e. The van der Waals surface area contributed by atoms with Gasteiger partial charge in [-0.1, -0.05) is 78.0 Å². The largest absolute Gasteiger partial charge is 0.220 e. The average Bonchev–Trinajstić information content (AvgIpc) is 3.32. The zero-order valence-corrected chi connectivity index (χ0v) is 15.1. The number of benzene rings is 3. The molecule has 0 saturated heterocycles. The number of nitrogens with zero attached hydrogens (tertiary/aromatic N) is 3. The van der Waals surface area contributed by atoms with Gasteiger partial charge in [-0.25, -0.2) is 4.68 Å². The fourth-order valence-electron chi connectivity index (χ4n) is 3.80. The zero-order chi connectivity index (χ0) is 18.1. The average molecular weight is 351 g/mol. The Morgan fingerprint density at radius 3 is 2.26 bits per heavy atom. The van der Waals surface area contributed by atoms with Gasteiger partial charge in [0.05, 0.1) is 11.9 Å². The summed E-state index contributed by atoms with van der Waals surface area (Å²) in [6.45, 7) is 0. The van der Waals surface area contributed by atoms with Crippen LogP contribution in [0.2, 0.25) is 0 Å². The van der Waals surface area contributed by atoms with Crippen molar-refractivity contribution in [2.45, 2.75) is 18.8 Å². The van der Waals surface area contributed by atoms with Crippen molar-refractivity contribution in [3.05, 3.63) is 102 Å². The molecule has 0 N–H and O–H groups in total. The first-order chi connectivity index (χ1) is 13.4. The maximum absolute atomic E-state index is 4.30. The van der Waals surface area contributed by atoms with Crippen molar-refractivity contribution in [1.82, 2.24) is 15.0 Å². The Morgan fingerprint density at radius 1 is 0.815 bits per heavy atom. The van der Waals surface area contributed by atoms with Gasteiger partial charge in [-0.2, -0.15) is 0 Å². The Hall–Kier alpha value is -3.20. The molecule has 1 fully saturated rings. The van der Waals surface area contributed by atoms with E-state index in [2.05, 4.69) is 77.0 Å². The van der Waals surface area contributed by atoms with Gasteiger partial charge in [0.25, 0.3) is 0 Å². The molecule has 132 valence electrons. The van der Waals surface area contributed by atoms with E-state index in [0.29, 0.717) is 5.92 Å². The predicted octanol–water partition coefficient (Wildman–Crippen LogP) is 5.28. The first kappa shape index (κ1) is 16.0. The van der Waals surface area contributed by atoms with Crippen LogP contribution in [0.4, 0.5) is 0 Å². The lowest BCUT2D eigenvalue weighted by Gasteiger charge is -2.04. The summed E-state index contributed by atoms with van der Waals surface area (Å²) in [6, 6.07) is 29.7. The van der Waals surface area contributed by atoms with Crippen LogP contribution in [0.1, 0.15) is 23.5 Å². The van der Waals surface area contributed by atoms with E-state index >= 15 is 0 Å². The second-order valence-corrected chi connectivity index (χ2v) is 7.30. The zero-order valence-electron chi connectivity index (χ0n) is 15.1. The van der Waals surface area contributed by atoms with E-state index in [-0.39, 0.29) is 0 Å². The molecule has 1 saturated carbocycles. The van der Waals surface area contributed by atoms with Gasteiger partial charge in [0.2, 0.25) is 0 Å². The lowest BCUT2D eigenvalue weighted by molar-refractivity contribution is 0.790. The van der Waals surface area contributed by atoms with Crippen LogP contribution < -0.4 is 0 Å². The van der Waals surface area contributed by atoms with Crippen LogP contribution in [0.5, 0.6) is 0 Å². The van der Waals surface area contributed by atoms with Crippen molar-refractivity contribution in [2.24, 2.45) is 5.92 Å². The minimum Gasteiger partial charge on any atom is -0.220 e. The van der Waals surface area contributed by atoms with E-state index in [1.54, 1.807) is 0 Å². The molecule has 3 heteroatoms. The third kappa shape index (κ3) is 3.41. The molecule has 1 aliphatic carbocycles. The monoisotopic (exact) mass is 351 g/mol. The van der Waals surface area contributed by atoms with E-state index in [0.717, 1.165) is 22.9 Å². The van der Waals surface area contributed by atoms with Gasteiger partial charge in [0.1, 0.15) is 5.69 Å². The molecule has 1 aromatic heterocycles. The van der Waals surface area contributed by atoms with E-state index in [4.69, 9.17) is 0 Å². The molecule has 3 nitrogen and oxygen atoms in total. The Kier molecular flexibility index (Phi) is 4.06. The first-order valence-corrected chi connectivity index (χ1v) is 9.49. The number of aromatic nitrogens is 3. The molecular weight excluding hydrogens is 330 g/mol. The van der Waals surface area contributed by atoms with Gasteiger partial charge in [-0.05, 0) is 47.9 Å². The Morgan fingerprint density at radius 2 is 1.52 bits per heavy atom. The molecule has 0 bridgehead atoms. The molecule has 27 heavy (non-hydrogen) atoms. The van der Waals surface area contributed by atoms with Crippen molar-refractivity contribution in [3.63, 3.8) is 0 Å². The highest BCUT2D eigenvalue weighted by Gasteiger charge is 2.37. The molecule has 0 spiro atoms. The second-order valence-electron chi connectivity index (χ2n) is 7.30. The van der Waals surface area contributed by atoms with E-state index in [9.17, 15) is 0 Å². The van der Waals surface area contributed by atoms with Crippen LogP contribution in [0.25, 0.3) is 16.9 Å². The lowest BCUT2D eigenvalue weighted by atomic mass is 10.0. The summed E-state index contributed by atoms with van der Waals surface area (Å²) in [5.74, 6) is 1.46. The molecule has 4 aromatic rings. The first-order valence-electron chi connectivity index (χ1n) is 9.49. The topological polar surface area (TPSA) is 30.7 Å². The van der Waals surface area contributed by atoms with Gasteiger partial charge in [-0.15, -0.1) is 5.10 Å². The number of rotatable bonds is 5. The van der Waals surface area contributed by atoms with Crippen molar-refractivity contribution >= 4 is 0 Å². The second kappa shape index (κ2) is 6.84. The minimum absolute atomic E-state index is 0.690. The number of hydrogen-bond acceptors (Lipinski definition) is 2. The van der Waals surface area contributed by atoms with Gasteiger partial charge in [0, 0.05) is 5.56 Å².